The molecule has 156 valence electrons. The predicted molar refractivity (Wildman–Crippen MR) is 67.5 cm³/mol. The molecule has 17 heteroatoms. The van der Waals surface area contributed by atoms with Gasteiger partial charge in [0.1, 0.15) is 0 Å². The maximum absolute atomic E-state index is 13.8. The minimum Gasteiger partial charge on any atom is -0.452 e. The molecule has 1 aliphatic heterocycles. The molecule has 1 fully saturated rings. The van der Waals surface area contributed by atoms with Crippen LogP contribution in [0.5, 0.6) is 0 Å². The summed E-state index contributed by atoms with van der Waals surface area (Å²) in [6.45, 7) is -1.47. The highest BCUT2D eigenvalue weighted by Gasteiger charge is 2.81. The zero-order chi connectivity index (χ0) is 20.8. The zero-order valence-electron chi connectivity index (χ0n) is 12.3. The van der Waals surface area contributed by atoms with Crippen LogP contribution in [0.1, 0.15) is 19.3 Å². The second kappa shape index (κ2) is 6.66. The molecule has 0 radical (unpaired) electrons. The van der Waals surface area contributed by atoms with E-state index in [0.717, 1.165) is 0 Å². The van der Waals surface area contributed by atoms with Gasteiger partial charge in [0, 0.05) is 13.1 Å². The summed E-state index contributed by atoms with van der Waals surface area (Å²) in [5.41, 5.74) is 0. The maximum Gasteiger partial charge on any atom is 0.428 e. The van der Waals surface area contributed by atoms with Gasteiger partial charge in [-0.2, -0.15) is 43.8 Å². The first-order valence-corrected chi connectivity index (χ1v) is 9.38. The first-order chi connectivity index (χ1) is 11.3. The van der Waals surface area contributed by atoms with Crippen LogP contribution in [0.2, 0.25) is 0 Å². The Bertz CT molecular complexity index is 727. The normalized spacial score (nSPS) is 19.6. The Labute approximate surface area is 141 Å². The number of nitrogens with zero attached hydrogens (tertiary/aromatic N) is 2. The van der Waals surface area contributed by atoms with Gasteiger partial charge in [-0.15, -0.1) is 0 Å². The number of alkyl halides is 9. The van der Waals surface area contributed by atoms with Crippen molar-refractivity contribution in [2.45, 2.75) is 42.0 Å². The van der Waals surface area contributed by atoms with Crippen LogP contribution in [0.3, 0.4) is 0 Å². The number of halogens is 9. The molecule has 26 heavy (non-hydrogen) atoms. The molecule has 0 unspecified atom stereocenters. The van der Waals surface area contributed by atoms with Gasteiger partial charge in [-0.3, -0.25) is 0 Å². The molecule has 0 bridgehead atoms. The first-order valence-electron chi connectivity index (χ1n) is 6.50. The van der Waals surface area contributed by atoms with E-state index in [2.05, 4.69) is 0 Å². The van der Waals surface area contributed by atoms with Crippen molar-refractivity contribution in [3.8, 4) is 0 Å². The Morgan fingerprint density at radius 2 is 1.12 bits per heavy atom. The highest BCUT2D eigenvalue weighted by Crippen LogP contribution is 2.53. The Kier molecular flexibility index (Phi) is 5.95. The molecule has 1 aliphatic rings. The number of piperidine rings is 1. The molecular weight excluding hydrogens is 435 g/mol. The van der Waals surface area contributed by atoms with Crippen LogP contribution in [-0.4, -0.2) is 57.0 Å². The van der Waals surface area contributed by atoms with Crippen LogP contribution < -0.4 is 0 Å². The quantitative estimate of drug-likeness (QED) is 0.465. The fourth-order valence-corrected chi connectivity index (χ4v) is 4.37. The van der Waals surface area contributed by atoms with Crippen LogP contribution in [-0.2, 0) is 20.0 Å². The third kappa shape index (κ3) is 3.75. The van der Waals surface area contributed by atoms with Gasteiger partial charge in [-0.1, -0.05) is 6.42 Å². The number of hydrogen-bond acceptors (Lipinski definition) is 4. The smallest absolute Gasteiger partial charge is 0.428 e. The SMILES string of the molecule is O=S(=O)([N-]C(F)(F)F)C(F)(F)C(F)(F)C(F)(F)S(=O)(=O)N1CCCCC1. The lowest BCUT2D eigenvalue weighted by Gasteiger charge is -2.38. The summed E-state index contributed by atoms with van der Waals surface area (Å²) in [6, 6.07) is 0. The van der Waals surface area contributed by atoms with E-state index >= 15 is 0 Å². The largest absolute Gasteiger partial charge is 0.452 e. The molecule has 0 aromatic heterocycles. The van der Waals surface area contributed by atoms with Gasteiger partial charge < -0.3 is 4.72 Å². The summed E-state index contributed by atoms with van der Waals surface area (Å²) in [7, 11) is -14.1. The van der Waals surface area contributed by atoms with Crippen molar-refractivity contribution in [3.05, 3.63) is 4.72 Å². The van der Waals surface area contributed by atoms with E-state index in [-0.39, 0.29) is 17.1 Å². The van der Waals surface area contributed by atoms with E-state index in [4.69, 9.17) is 0 Å². The lowest BCUT2D eigenvalue weighted by molar-refractivity contribution is -0.245. The minimum absolute atomic E-state index is 0.0705. The third-order valence-corrected chi connectivity index (χ3v) is 6.56. The average molecular weight is 445 g/mol. The molecule has 1 heterocycles. The van der Waals surface area contributed by atoms with Crippen molar-refractivity contribution in [1.29, 1.82) is 0 Å². The highest BCUT2D eigenvalue weighted by atomic mass is 32.2. The van der Waals surface area contributed by atoms with Gasteiger partial charge in [0.2, 0.25) is 0 Å². The van der Waals surface area contributed by atoms with Crippen molar-refractivity contribution >= 4 is 20.0 Å². The van der Waals surface area contributed by atoms with E-state index in [1.165, 1.54) is 0 Å². The summed E-state index contributed by atoms with van der Waals surface area (Å²) >= 11 is 0. The molecule has 0 saturated carbocycles. The number of rotatable bonds is 6. The van der Waals surface area contributed by atoms with Crippen LogP contribution in [0, 0.1) is 0 Å². The second-order valence-electron chi connectivity index (χ2n) is 5.11. The number of sulfonamides is 2. The monoisotopic (exact) mass is 445 g/mol. The van der Waals surface area contributed by atoms with Crippen molar-refractivity contribution in [2.75, 3.05) is 13.1 Å². The molecular formula is C9H10F9N2O4S2-. The molecule has 1 saturated heterocycles. The summed E-state index contributed by atoms with van der Waals surface area (Å²) < 4.78 is 162. The molecule has 0 N–H and O–H groups in total. The van der Waals surface area contributed by atoms with Gasteiger partial charge in [0.15, 0.2) is 10.0 Å². The predicted octanol–water partition coefficient (Wildman–Crippen LogP) is 2.85. The molecule has 0 spiro atoms. The summed E-state index contributed by atoms with van der Waals surface area (Å²) in [5, 5.41) is -13.9. The molecule has 0 aromatic carbocycles. The molecule has 0 aliphatic carbocycles. The van der Waals surface area contributed by atoms with Gasteiger partial charge >= 0.3 is 22.7 Å². The Hall–Kier alpha value is -0.810. The van der Waals surface area contributed by atoms with Crippen molar-refractivity contribution < 1.29 is 56.3 Å². The Morgan fingerprint density at radius 1 is 0.692 bits per heavy atom. The topological polar surface area (TPSA) is 85.6 Å². The maximum atomic E-state index is 13.8. The van der Waals surface area contributed by atoms with E-state index in [9.17, 15) is 56.3 Å². The minimum atomic E-state index is -7.60. The standard InChI is InChI=1S/C9H10F9N2O4S2/c10-6(11,7(12,13)25(21,22)19-9(16,17)18)8(14,15)26(23,24)20-4-2-1-3-5-20/h1-5H2/q-1. The highest BCUT2D eigenvalue weighted by molar-refractivity contribution is 7.95. The van der Waals surface area contributed by atoms with Crippen molar-refractivity contribution in [2.24, 2.45) is 0 Å². The van der Waals surface area contributed by atoms with Crippen molar-refractivity contribution in [1.82, 2.24) is 4.31 Å². The van der Waals surface area contributed by atoms with Crippen LogP contribution >= 0.6 is 0 Å². The van der Waals surface area contributed by atoms with Gasteiger partial charge in [0.05, 0.1) is 0 Å². The summed E-state index contributed by atoms with van der Waals surface area (Å²) in [6.07, 6.45) is -6.14. The Morgan fingerprint density at radius 3 is 1.50 bits per heavy atom. The van der Waals surface area contributed by atoms with Crippen LogP contribution in [0.4, 0.5) is 39.5 Å². The fourth-order valence-electron chi connectivity index (χ4n) is 1.95. The first kappa shape index (κ1) is 23.2. The lowest BCUT2D eigenvalue weighted by Crippen LogP contribution is -2.63. The molecule has 1 rings (SSSR count). The average Bonchev–Trinajstić information content (AvgIpc) is 2.44. The van der Waals surface area contributed by atoms with Crippen LogP contribution in [0.15, 0.2) is 0 Å². The lowest BCUT2D eigenvalue weighted by atomic mass is 10.2. The van der Waals surface area contributed by atoms with E-state index in [1.807, 2.05) is 0 Å². The summed E-state index contributed by atoms with van der Waals surface area (Å²) in [4.78, 5) is 0. The molecule has 0 amide bonds. The molecule has 6 nitrogen and oxygen atoms in total. The fraction of sp³-hybridized carbons (Fsp3) is 1.00. The van der Waals surface area contributed by atoms with Crippen LogP contribution in [0.25, 0.3) is 4.72 Å². The molecule has 0 atom stereocenters. The molecule has 0 aromatic rings. The zero-order valence-corrected chi connectivity index (χ0v) is 13.9. The Balaban J connectivity index is 3.40. The van der Waals surface area contributed by atoms with E-state index in [0.29, 0.717) is 11.1 Å². The third-order valence-electron chi connectivity index (χ3n) is 3.26. The van der Waals surface area contributed by atoms with E-state index < -0.39 is 55.9 Å². The van der Waals surface area contributed by atoms with E-state index in [1.54, 1.807) is 0 Å². The van der Waals surface area contributed by atoms with Gasteiger partial charge in [-0.05, 0) is 12.8 Å². The van der Waals surface area contributed by atoms with Gasteiger partial charge in [-0.25, -0.2) is 16.8 Å². The number of hydrogen-bond donors (Lipinski definition) is 0. The summed E-state index contributed by atoms with van der Waals surface area (Å²) in [5.74, 6) is -7.25. The van der Waals surface area contributed by atoms with Gasteiger partial charge in [0.25, 0.3) is 10.0 Å². The second-order valence-corrected chi connectivity index (χ2v) is 8.73. The van der Waals surface area contributed by atoms with Crippen molar-refractivity contribution in [3.63, 3.8) is 0 Å².